The highest BCUT2D eigenvalue weighted by Gasteiger charge is 2.34. The van der Waals surface area contributed by atoms with Crippen molar-refractivity contribution < 1.29 is 14.8 Å². The number of carboxylic acids is 1. The van der Waals surface area contributed by atoms with Gasteiger partial charge in [-0.25, -0.2) is 4.98 Å². The van der Waals surface area contributed by atoms with Crippen LogP contribution in [-0.2, 0) is 4.79 Å². The number of nitrogens with zero attached hydrogens (tertiary/aromatic N) is 3. The van der Waals surface area contributed by atoms with Gasteiger partial charge in [-0.05, 0) is 18.2 Å². The molecule has 2 heterocycles. The first-order valence-electron chi connectivity index (χ1n) is 6.08. The summed E-state index contributed by atoms with van der Waals surface area (Å²) >= 11 is 0. The molecular formula is C13H11N3O4. The molecule has 1 aromatic heterocycles. The molecule has 0 atom stereocenters. The minimum Gasteiger partial charge on any atom is -0.481 e. The maximum Gasteiger partial charge on any atom is 0.310 e. The summed E-state index contributed by atoms with van der Waals surface area (Å²) in [4.78, 5) is 27.3. The third-order valence-corrected chi connectivity index (χ3v) is 3.49. The fourth-order valence-electron chi connectivity index (χ4n) is 2.40. The summed E-state index contributed by atoms with van der Waals surface area (Å²) in [6.45, 7) is 0.828. The number of non-ortho nitro benzene ring substituents is 1. The smallest absolute Gasteiger partial charge is 0.310 e. The Kier molecular flexibility index (Phi) is 2.74. The van der Waals surface area contributed by atoms with Gasteiger partial charge >= 0.3 is 5.97 Å². The monoisotopic (exact) mass is 273 g/mol. The Balaban J connectivity index is 2.04. The van der Waals surface area contributed by atoms with Gasteiger partial charge in [-0.15, -0.1) is 0 Å². The van der Waals surface area contributed by atoms with Crippen LogP contribution in [-0.4, -0.2) is 34.1 Å². The molecular weight excluding hydrogens is 262 g/mol. The Morgan fingerprint density at radius 2 is 2.15 bits per heavy atom. The van der Waals surface area contributed by atoms with Crippen LogP contribution in [0.4, 0.5) is 11.4 Å². The van der Waals surface area contributed by atoms with E-state index in [-0.39, 0.29) is 11.6 Å². The first-order chi connectivity index (χ1) is 9.58. The summed E-state index contributed by atoms with van der Waals surface area (Å²) in [5.41, 5.74) is 1.07. The normalized spacial score (nSPS) is 15.1. The molecule has 1 aliphatic heterocycles. The van der Waals surface area contributed by atoms with Crippen LogP contribution in [0, 0.1) is 16.0 Å². The highest BCUT2D eigenvalue weighted by molar-refractivity contribution is 5.98. The van der Waals surface area contributed by atoms with Gasteiger partial charge in [0.25, 0.3) is 5.69 Å². The maximum atomic E-state index is 11.0. The first kappa shape index (κ1) is 12.3. The van der Waals surface area contributed by atoms with Crippen LogP contribution in [0.25, 0.3) is 10.9 Å². The van der Waals surface area contributed by atoms with E-state index < -0.39 is 10.9 Å². The SMILES string of the molecule is O=C(O)C1CN(c2ccc([N+](=O)[O-])c3ncccc23)C1. The third-order valence-electron chi connectivity index (χ3n) is 3.49. The lowest BCUT2D eigenvalue weighted by molar-refractivity contribution is -0.383. The molecule has 7 nitrogen and oxygen atoms in total. The van der Waals surface area contributed by atoms with Gasteiger partial charge in [0.15, 0.2) is 0 Å². The van der Waals surface area contributed by atoms with E-state index in [1.807, 2.05) is 4.90 Å². The number of benzene rings is 1. The molecule has 2 aromatic rings. The fourth-order valence-corrected chi connectivity index (χ4v) is 2.40. The van der Waals surface area contributed by atoms with Crippen molar-refractivity contribution in [2.24, 2.45) is 5.92 Å². The second-order valence-electron chi connectivity index (χ2n) is 4.70. The summed E-state index contributed by atoms with van der Waals surface area (Å²) < 4.78 is 0. The average Bonchev–Trinajstić information content (AvgIpc) is 2.36. The molecule has 0 spiro atoms. The quantitative estimate of drug-likeness (QED) is 0.674. The lowest BCUT2D eigenvalue weighted by Crippen LogP contribution is -2.50. The summed E-state index contributed by atoms with van der Waals surface area (Å²) in [6.07, 6.45) is 1.51. The van der Waals surface area contributed by atoms with E-state index in [2.05, 4.69) is 4.98 Å². The number of rotatable bonds is 3. The highest BCUT2D eigenvalue weighted by atomic mass is 16.6. The standard InChI is InChI=1S/C13H11N3O4/c17-13(18)8-6-15(7-8)10-3-4-11(16(19)20)12-9(10)2-1-5-14-12/h1-5,8H,6-7H2,(H,17,18). The van der Waals surface area contributed by atoms with E-state index in [1.165, 1.54) is 12.3 Å². The van der Waals surface area contributed by atoms with Crippen LogP contribution < -0.4 is 4.90 Å². The van der Waals surface area contributed by atoms with Crippen LogP contribution in [0.5, 0.6) is 0 Å². The zero-order valence-electron chi connectivity index (χ0n) is 10.4. The molecule has 0 unspecified atom stereocenters. The zero-order valence-corrected chi connectivity index (χ0v) is 10.4. The van der Waals surface area contributed by atoms with Crippen molar-refractivity contribution in [3.63, 3.8) is 0 Å². The van der Waals surface area contributed by atoms with E-state index in [4.69, 9.17) is 5.11 Å². The van der Waals surface area contributed by atoms with E-state index in [9.17, 15) is 14.9 Å². The van der Waals surface area contributed by atoms with E-state index in [0.29, 0.717) is 24.0 Å². The lowest BCUT2D eigenvalue weighted by Gasteiger charge is -2.39. The van der Waals surface area contributed by atoms with Crippen molar-refractivity contribution >= 4 is 28.2 Å². The van der Waals surface area contributed by atoms with E-state index in [0.717, 1.165) is 5.69 Å². The Labute approximate surface area is 113 Å². The van der Waals surface area contributed by atoms with E-state index in [1.54, 1.807) is 18.2 Å². The van der Waals surface area contributed by atoms with Crippen LogP contribution >= 0.6 is 0 Å². The average molecular weight is 273 g/mol. The molecule has 1 fully saturated rings. The largest absolute Gasteiger partial charge is 0.481 e. The van der Waals surface area contributed by atoms with Crippen LogP contribution in [0.1, 0.15) is 0 Å². The second-order valence-corrected chi connectivity index (χ2v) is 4.70. The molecule has 20 heavy (non-hydrogen) atoms. The molecule has 0 amide bonds. The molecule has 1 aromatic carbocycles. The van der Waals surface area contributed by atoms with Gasteiger partial charge in [0.2, 0.25) is 0 Å². The third kappa shape index (κ3) is 1.83. The maximum absolute atomic E-state index is 11.0. The van der Waals surface area contributed by atoms with E-state index >= 15 is 0 Å². The number of nitro groups is 1. The minimum absolute atomic E-state index is 0.0420. The summed E-state index contributed by atoms with van der Waals surface area (Å²) in [6, 6.07) is 6.54. The molecule has 0 bridgehead atoms. The highest BCUT2D eigenvalue weighted by Crippen LogP contribution is 2.35. The Morgan fingerprint density at radius 1 is 1.40 bits per heavy atom. The summed E-state index contributed by atoms with van der Waals surface area (Å²) in [5, 5.41) is 20.6. The van der Waals surface area contributed by atoms with Gasteiger partial charge in [0.1, 0.15) is 5.52 Å². The predicted octanol–water partition coefficient (Wildman–Crippen LogP) is 1.66. The number of hydrogen-bond acceptors (Lipinski definition) is 5. The zero-order chi connectivity index (χ0) is 14.3. The number of fused-ring (bicyclic) bond motifs is 1. The van der Waals surface area contributed by atoms with Gasteiger partial charge in [-0.3, -0.25) is 14.9 Å². The van der Waals surface area contributed by atoms with Crippen molar-refractivity contribution in [2.75, 3.05) is 18.0 Å². The molecule has 1 aliphatic rings. The fraction of sp³-hybridized carbons (Fsp3) is 0.231. The lowest BCUT2D eigenvalue weighted by atomic mass is 9.98. The van der Waals surface area contributed by atoms with Gasteiger partial charge < -0.3 is 10.0 Å². The number of aromatic nitrogens is 1. The number of hydrogen-bond donors (Lipinski definition) is 1. The number of aliphatic carboxylic acids is 1. The Morgan fingerprint density at radius 3 is 2.80 bits per heavy atom. The second kappa shape index (κ2) is 4.44. The van der Waals surface area contributed by atoms with Gasteiger partial charge in [0, 0.05) is 36.4 Å². The molecule has 102 valence electrons. The van der Waals surface area contributed by atoms with Crippen molar-refractivity contribution in [1.82, 2.24) is 4.98 Å². The molecule has 0 aliphatic carbocycles. The number of carbonyl (C=O) groups is 1. The van der Waals surface area contributed by atoms with Crippen LogP contribution in [0.15, 0.2) is 30.5 Å². The van der Waals surface area contributed by atoms with Crippen molar-refractivity contribution in [3.8, 4) is 0 Å². The van der Waals surface area contributed by atoms with Gasteiger partial charge in [-0.1, -0.05) is 0 Å². The molecule has 1 saturated heterocycles. The molecule has 0 radical (unpaired) electrons. The summed E-state index contributed by atoms with van der Waals surface area (Å²) in [5.74, 6) is -1.19. The molecule has 7 heteroatoms. The summed E-state index contributed by atoms with van der Waals surface area (Å²) in [7, 11) is 0. The first-order valence-corrected chi connectivity index (χ1v) is 6.08. The number of anilines is 1. The van der Waals surface area contributed by atoms with Crippen LogP contribution in [0.3, 0.4) is 0 Å². The molecule has 0 saturated carbocycles. The van der Waals surface area contributed by atoms with Crippen molar-refractivity contribution in [1.29, 1.82) is 0 Å². The molecule has 1 N–H and O–H groups in total. The number of pyridine rings is 1. The Bertz CT molecular complexity index is 710. The number of carboxylic acid groups (broad SMARTS) is 1. The Hall–Kier alpha value is -2.70. The van der Waals surface area contributed by atoms with Crippen molar-refractivity contribution in [2.45, 2.75) is 0 Å². The minimum atomic E-state index is -0.814. The van der Waals surface area contributed by atoms with Gasteiger partial charge in [-0.2, -0.15) is 0 Å². The van der Waals surface area contributed by atoms with Crippen molar-refractivity contribution in [3.05, 3.63) is 40.6 Å². The topological polar surface area (TPSA) is 96.6 Å². The van der Waals surface area contributed by atoms with Crippen LogP contribution in [0.2, 0.25) is 0 Å². The number of nitro benzene ring substituents is 1. The van der Waals surface area contributed by atoms with Gasteiger partial charge in [0.05, 0.1) is 10.8 Å². The molecule has 3 rings (SSSR count). The predicted molar refractivity (Wildman–Crippen MR) is 71.7 cm³/mol.